The van der Waals surface area contributed by atoms with Gasteiger partial charge in [-0.25, -0.2) is 4.98 Å². The van der Waals surface area contributed by atoms with E-state index in [0.717, 1.165) is 6.07 Å². The molecule has 8 nitrogen and oxygen atoms in total. The summed E-state index contributed by atoms with van der Waals surface area (Å²) in [7, 11) is 0. The molecule has 2 N–H and O–H groups in total. The Morgan fingerprint density at radius 1 is 1.18 bits per heavy atom. The Hall–Kier alpha value is -3.38. The highest BCUT2D eigenvalue weighted by molar-refractivity contribution is 7.19. The van der Waals surface area contributed by atoms with Crippen molar-refractivity contribution in [2.24, 2.45) is 23.2 Å². The van der Waals surface area contributed by atoms with E-state index in [-0.39, 0.29) is 70.1 Å². The first-order valence-electron chi connectivity index (χ1n) is 13.2. The summed E-state index contributed by atoms with van der Waals surface area (Å²) >= 11 is 1.27. The van der Waals surface area contributed by atoms with E-state index >= 15 is 0 Å². The van der Waals surface area contributed by atoms with Gasteiger partial charge in [0.15, 0.2) is 0 Å². The summed E-state index contributed by atoms with van der Waals surface area (Å²) in [6, 6.07) is 4.49. The number of fused-ring (bicyclic) bond motifs is 2. The Morgan fingerprint density at radius 3 is 2.50 bits per heavy atom. The fourth-order valence-corrected chi connectivity index (χ4v) is 7.22. The summed E-state index contributed by atoms with van der Waals surface area (Å²) in [6.45, 7) is 6.75. The number of hydrogen-bond donors (Lipinski definition) is 2. The Labute approximate surface area is 232 Å². The number of likely N-dealkylation sites (tertiary alicyclic amines) is 1. The maximum atomic E-state index is 13.8. The molecular weight excluding hydrogens is 543 g/mol. The van der Waals surface area contributed by atoms with E-state index in [4.69, 9.17) is 0 Å². The monoisotopic (exact) mass is 571 g/mol. The lowest BCUT2D eigenvalue weighted by atomic mass is 9.96. The number of anilines is 1. The van der Waals surface area contributed by atoms with E-state index in [9.17, 15) is 27.6 Å². The highest BCUT2D eigenvalue weighted by Gasteiger charge is 2.72. The number of imide groups is 1. The minimum absolute atomic E-state index is 0.0396. The van der Waals surface area contributed by atoms with Crippen LogP contribution < -0.4 is 10.6 Å². The number of carbonyl (C=O) groups excluding carboxylic acids is 3. The Bertz CT molecular complexity index is 1540. The summed E-state index contributed by atoms with van der Waals surface area (Å²) in [5, 5.41) is 6.77. The number of pyridine rings is 2. The van der Waals surface area contributed by atoms with Crippen molar-refractivity contribution in [3.05, 3.63) is 40.7 Å². The number of carbonyl (C=O) groups is 3. The second-order valence-electron chi connectivity index (χ2n) is 11.4. The number of alkyl halides is 3. The van der Waals surface area contributed by atoms with E-state index in [1.807, 2.05) is 19.9 Å². The molecule has 3 aliphatic rings. The van der Waals surface area contributed by atoms with Gasteiger partial charge in [0.2, 0.25) is 17.7 Å². The van der Waals surface area contributed by atoms with E-state index in [0.29, 0.717) is 40.9 Å². The van der Waals surface area contributed by atoms with Crippen molar-refractivity contribution in [2.45, 2.75) is 46.3 Å². The third-order valence-electron chi connectivity index (χ3n) is 8.39. The zero-order chi connectivity index (χ0) is 28.6. The van der Waals surface area contributed by atoms with Gasteiger partial charge < -0.3 is 10.6 Å². The molecule has 5 heterocycles. The van der Waals surface area contributed by atoms with Gasteiger partial charge in [-0.3, -0.25) is 24.3 Å². The molecule has 3 aromatic rings. The molecule has 0 spiro atoms. The highest BCUT2D eigenvalue weighted by Crippen LogP contribution is 2.63. The second-order valence-corrected chi connectivity index (χ2v) is 12.5. The number of aromatic nitrogens is 2. The number of thiophene rings is 1. The average Bonchev–Trinajstić information content (AvgIpc) is 3.15. The molecule has 6 rings (SSSR count). The highest BCUT2D eigenvalue weighted by atomic mass is 32.1. The molecule has 40 heavy (non-hydrogen) atoms. The molecule has 2 aliphatic heterocycles. The lowest BCUT2D eigenvalue weighted by molar-refractivity contribution is -0.144. The normalized spacial score (nSPS) is 22.6. The Kier molecular flexibility index (Phi) is 6.26. The molecular formula is C28H28F3N5O3S. The van der Waals surface area contributed by atoms with Crippen molar-refractivity contribution in [1.29, 1.82) is 0 Å². The van der Waals surface area contributed by atoms with Crippen LogP contribution in [0.4, 0.5) is 18.9 Å². The van der Waals surface area contributed by atoms with E-state index in [1.54, 1.807) is 6.07 Å². The molecule has 2 saturated heterocycles. The Balaban J connectivity index is 1.39. The SMILES string of the molecule is Cc1nc(C(F)(F)F)cc(-c2nccc3cc(CN4C(=O)C5C(C4=O)C5(C)C)sc23)c1NC(=O)C1CCNCC1. The van der Waals surface area contributed by atoms with Crippen molar-refractivity contribution in [3.8, 4) is 11.3 Å². The number of nitrogens with one attached hydrogen (secondary N) is 2. The van der Waals surface area contributed by atoms with E-state index in [2.05, 4.69) is 20.6 Å². The second kappa shape index (κ2) is 9.34. The largest absolute Gasteiger partial charge is 0.433 e. The van der Waals surface area contributed by atoms with Crippen LogP contribution in [0.3, 0.4) is 0 Å². The van der Waals surface area contributed by atoms with Crippen LogP contribution in [0.5, 0.6) is 0 Å². The predicted molar refractivity (Wildman–Crippen MR) is 143 cm³/mol. The lowest BCUT2D eigenvalue weighted by Gasteiger charge is -2.23. The molecule has 1 aliphatic carbocycles. The van der Waals surface area contributed by atoms with Crippen LogP contribution >= 0.6 is 11.3 Å². The number of halogens is 3. The number of hydrogen-bond acceptors (Lipinski definition) is 7. The first-order chi connectivity index (χ1) is 18.9. The molecule has 2 unspecified atom stereocenters. The van der Waals surface area contributed by atoms with Gasteiger partial charge >= 0.3 is 6.18 Å². The van der Waals surface area contributed by atoms with Crippen molar-refractivity contribution in [3.63, 3.8) is 0 Å². The van der Waals surface area contributed by atoms with Crippen molar-refractivity contribution in [2.75, 3.05) is 18.4 Å². The van der Waals surface area contributed by atoms with Crippen LogP contribution in [0, 0.1) is 30.1 Å². The number of piperidine rings is 2. The zero-order valence-electron chi connectivity index (χ0n) is 22.2. The van der Waals surface area contributed by atoms with Crippen LogP contribution in [0.25, 0.3) is 21.3 Å². The first-order valence-corrected chi connectivity index (χ1v) is 14.0. The van der Waals surface area contributed by atoms with Gasteiger partial charge in [0.1, 0.15) is 5.69 Å². The van der Waals surface area contributed by atoms with E-state index in [1.165, 1.54) is 29.4 Å². The Morgan fingerprint density at radius 2 is 1.85 bits per heavy atom. The fourth-order valence-electron chi connectivity index (χ4n) is 6.08. The number of amides is 3. The number of rotatable bonds is 5. The summed E-state index contributed by atoms with van der Waals surface area (Å²) in [5.41, 5.74) is -0.764. The molecule has 1 saturated carbocycles. The predicted octanol–water partition coefficient (Wildman–Crippen LogP) is 4.76. The molecule has 0 bridgehead atoms. The molecule has 12 heteroatoms. The first kappa shape index (κ1) is 26.8. The van der Waals surface area contributed by atoms with Gasteiger partial charge in [-0.1, -0.05) is 13.8 Å². The van der Waals surface area contributed by atoms with Crippen LogP contribution in [0.2, 0.25) is 0 Å². The van der Waals surface area contributed by atoms with Gasteiger partial charge in [0.05, 0.1) is 40.2 Å². The lowest BCUT2D eigenvalue weighted by Crippen LogP contribution is -2.35. The quantitative estimate of drug-likeness (QED) is 0.428. The van der Waals surface area contributed by atoms with Crippen LogP contribution in [-0.2, 0) is 27.1 Å². The standard InChI is InChI=1S/C28H28F3N5O3S/c1-13-21(35-24(37)14-4-7-32-8-5-14)17(11-18(34-13)28(29,30)31)22-23-15(6-9-33-22)10-16(40-23)12-36-25(38)19-20(26(36)39)27(19,2)3/h6,9-11,14,19-20,32H,4-5,7-8,12H2,1-3H3,(H,35,37). The number of aryl methyl sites for hydroxylation is 1. The van der Waals surface area contributed by atoms with Gasteiger partial charge in [0, 0.05) is 22.6 Å². The summed E-state index contributed by atoms with van der Waals surface area (Å²) in [4.78, 5) is 49.0. The minimum atomic E-state index is -4.70. The molecule has 0 aromatic carbocycles. The molecule has 3 amide bonds. The van der Waals surface area contributed by atoms with Crippen molar-refractivity contribution >= 4 is 44.8 Å². The van der Waals surface area contributed by atoms with Crippen LogP contribution in [0.15, 0.2) is 24.4 Å². The molecule has 2 atom stereocenters. The summed E-state index contributed by atoms with van der Waals surface area (Å²) < 4.78 is 42.0. The van der Waals surface area contributed by atoms with E-state index < -0.39 is 11.9 Å². The average molecular weight is 572 g/mol. The molecule has 0 radical (unpaired) electrons. The smallest absolute Gasteiger partial charge is 0.324 e. The third kappa shape index (κ3) is 4.37. The van der Waals surface area contributed by atoms with Gasteiger partial charge in [-0.05, 0) is 61.9 Å². The molecule has 210 valence electrons. The number of nitrogens with zero attached hydrogens (tertiary/aromatic N) is 3. The third-order valence-corrected chi connectivity index (χ3v) is 9.54. The fraction of sp³-hybridized carbons (Fsp3) is 0.464. The maximum absolute atomic E-state index is 13.8. The molecule has 3 aromatic heterocycles. The molecule has 3 fully saturated rings. The summed E-state index contributed by atoms with van der Waals surface area (Å²) in [5.74, 6) is -1.48. The zero-order valence-corrected chi connectivity index (χ0v) is 23.0. The van der Waals surface area contributed by atoms with Gasteiger partial charge in [-0.15, -0.1) is 11.3 Å². The van der Waals surface area contributed by atoms with Crippen molar-refractivity contribution in [1.82, 2.24) is 20.2 Å². The van der Waals surface area contributed by atoms with Crippen LogP contribution in [-0.4, -0.2) is 45.7 Å². The van der Waals surface area contributed by atoms with Crippen molar-refractivity contribution < 1.29 is 27.6 Å². The topological polar surface area (TPSA) is 104 Å². The van der Waals surface area contributed by atoms with Crippen LogP contribution in [0.1, 0.15) is 43.0 Å². The maximum Gasteiger partial charge on any atom is 0.433 e. The minimum Gasteiger partial charge on any atom is -0.324 e. The summed E-state index contributed by atoms with van der Waals surface area (Å²) in [6.07, 6.45) is -1.94. The van der Waals surface area contributed by atoms with Gasteiger partial charge in [0.25, 0.3) is 0 Å². The van der Waals surface area contributed by atoms with Gasteiger partial charge in [-0.2, -0.15) is 13.2 Å².